The molecule has 1 atom stereocenters. The monoisotopic (exact) mass is 658 g/mol. The van der Waals surface area contributed by atoms with E-state index in [-0.39, 0.29) is 18.5 Å². The van der Waals surface area contributed by atoms with Crippen molar-refractivity contribution in [3.05, 3.63) is 0 Å². The molecule has 5 heteroatoms. The number of unbranched alkanes of at least 4 members (excludes halogenated alkanes) is 26. The molecule has 0 N–H and O–H groups in total. The molecule has 0 amide bonds. The molecule has 0 rings (SSSR count). The summed E-state index contributed by atoms with van der Waals surface area (Å²) in [5.41, 5.74) is 0. The van der Waals surface area contributed by atoms with Gasteiger partial charge >= 0.3 is 11.9 Å². The number of hydrogen-bond acceptors (Lipinski definition) is 4. The van der Waals surface area contributed by atoms with Gasteiger partial charge in [0.05, 0.1) is 0 Å². The molecule has 0 saturated carbocycles. The second-order valence-electron chi connectivity index (χ2n) is 12.6. The van der Waals surface area contributed by atoms with Gasteiger partial charge in [0.1, 0.15) is 12.7 Å². The van der Waals surface area contributed by atoms with E-state index in [9.17, 15) is 9.59 Å². The van der Waals surface area contributed by atoms with Gasteiger partial charge in [-0.05, 0) is 12.8 Å². The second-order valence-corrected chi connectivity index (χ2v) is 13.3. The predicted molar refractivity (Wildman–Crippen MR) is 184 cm³/mol. The first-order chi connectivity index (χ1) is 20.6. The van der Waals surface area contributed by atoms with Crippen molar-refractivity contribution in [2.75, 3.05) is 11.9 Å². The first-order valence-corrected chi connectivity index (χ1v) is 19.7. The number of hydrogen-bond donors (Lipinski definition) is 0. The van der Waals surface area contributed by atoms with Crippen LogP contribution in [0.1, 0.15) is 206 Å². The molecule has 0 spiro atoms. The summed E-state index contributed by atoms with van der Waals surface area (Å²) in [4.78, 5) is 24.3. The molecular weight excluding hydrogens is 588 g/mol. The molecule has 0 saturated heterocycles. The third kappa shape index (κ3) is 32.3. The number of rotatable bonds is 34. The van der Waals surface area contributed by atoms with Gasteiger partial charge in [-0.25, -0.2) is 0 Å². The zero-order chi connectivity index (χ0) is 30.8. The predicted octanol–water partition coefficient (Wildman–Crippen LogP) is 12.6. The van der Waals surface area contributed by atoms with Crippen LogP contribution in [0, 0.1) is 0 Å². The standard InChI is InChI=1S/C37H71BrO4/c1-3-5-7-9-11-13-15-17-18-20-22-24-26-28-30-32-37(40)42-35(33-38)34-41-36(39)31-29-27-25-23-21-19-16-14-12-10-8-6-4-2/h35H,3-34H2,1-2H3/t35-/m0/s1. The molecule has 0 unspecified atom stereocenters. The number of carbonyl (C=O) groups excluding carboxylic acids is 2. The van der Waals surface area contributed by atoms with Crippen LogP contribution in [-0.2, 0) is 19.1 Å². The zero-order valence-electron chi connectivity index (χ0n) is 28.2. The van der Waals surface area contributed by atoms with Crippen LogP contribution >= 0.6 is 15.9 Å². The zero-order valence-corrected chi connectivity index (χ0v) is 29.8. The van der Waals surface area contributed by atoms with Gasteiger partial charge in [-0.15, -0.1) is 0 Å². The van der Waals surface area contributed by atoms with Crippen molar-refractivity contribution < 1.29 is 19.1 Å². The van der Waals surface area contributed by atoms with Crippen molar-refractivity contribution in [1.82, 2.24) is 0 Å². The Morgan fingerprint density at radius 1 is 0.452 bits per heavy atom. The van der Waals surface area contributed by atoms with Crippen LogP contribution in [0.25, 0.3) is 0 Å². The summed E-state index contributed by atoms with van der Waals surface area (Å²) in [7, 11) is 0. The topological polar surface area (TPSA) is 52.6 Å². The smallest absolute Gasteiger partial charge is 0.306 e. The summed E-state index contributed by atoms with van der Waals surface area (Å²) in [6.07, 6.45) is 37.0. The Morgan fingerprint density at radius 2 is 0.738 bits per heavy atom. The lowest BCUT2D eigenvalue weighted by molar-refractivity contribution is -0.157. The molecule has 0 aliphatic heterocycles. The lowest BCUT2D eigenvalue weighted by atomic mass is 10.0. The quantitative estimate of drug-likeness (QED) is 0.0392. The molecule has 42 heavy (non-hydrogen) atoms. The van der Waals surface area contributed by atoms with Crippen LogP contribution in [0.2, 0.25) is 0 Å². The maximum Gasteiger partial charge on any atom is 0.306 e. The van der Waals surface area contributed by atoms with Gasteiger partial charge < -0.3 is 9.47 Å². The summed E-state index contributed by atoms with van der Waals surface area (Å²) in [6.45, 7) is 4.69. The van der Waals surface area contributed by atoms with E-state index in [1.165, 1.54) is 154 Å². The molecule has 0 aromatic rings. The highest BCUT2D eigenvalue weighted by Crippen LogP contribution is 2.15. The number of alkyl halides is 1. The Hall–Kier alpha value is -0.580. The number of ether oxygens (including phenoxy) is 2. The molecule has 0 aliphatic rings. The molecule has 4 nitrogen and oxygen atoms in total. The van der Waals surface area contributed by atoms with E-state index >= 15 is 0 Å². The Bertz CT molecular complexity index is 568. The van der Waals surface area contributed by atoms with Gasteiger partial charge in [0.25, 0.3) is 0 Å². The van der Waals surface area contributed by atoms with Crippen molar-refractivity contribution >= 4 is 27.9 Å². The summed E-state index contributed by atoms with van der Waals surface area (Å²) in [5, 5.41) is 0.490. The van der Waals surface area contributed by atoms with Crippen LogP contribution in [0.5, 0.6) is 0 Å². The van der Waals surface area contributed by atoms with Crippen molar-refractivity contribution in [3.8, 4) is 0 Å². The average molecular weight is 660 g/mol. The third-order valence-corrected chi connectivity index (χ3v) is 9.09. The summed E-state index contributed by atoms with van der Waals surface area (Å²) in [6, 6.07) is 0. The van der Waals surface area contributed by atoms with Crippen LogP contribution in [0.3, 0.4) is 0 Å². The molecule has 0 aromatic carbocycles. The Morgan fingerprint density at radius 3 is 1.05 bits per heavy atom. The number of carbonyl (C=O) groups is 2. The fourth-order valence-corrected chi connectivity index (χ4v) is 5.86. The van der Waals surface area contributed by atoms with E-state index < -0.39 is 6.10 Å². The fraction of sp³-hybridized carbons (Fsp3) is 0.946. The van der Waals surface area contributed by atoms with E-state index in [0.717, 1.165) is 25.7 Å². The molecule has 0 heterocycles. The normalized spacial score (nSPS) is 12.0. The second kappa shape index (κ2) is 34.9. The van der Waals surface area contributed by atoms with Gasteiger partial charge in [0, 0.05) is 18.2 Å². The minimum atomic E-state index is -0.399. The molecule has 0 aromatic heterocycles. The van der Waals surface area contributed by atoms with E-state index in [0.29, 0.717) is 18.2 Å². The van der Waals surface area contributed by atoms with Gasteiger partial charge in [0.15, 0.2) is 0 Å². The fourth-order valence-electron chi connectivity index (χ4n) is 5.54. The highest BCUT2D eigenvalue weighted by Gasteiger charge is 2.15. The first-order valence-electron chi connectivity index (χ1n) is 18.5. The lowest BCUT2D eigenvalue weighted by Gasteiger charge is -2.15. The minimum absolute atomic E-state index is 0.146. The summed E-state index contributed by atoms with van der Waals surface area (Å²) in [5.74, 6) is -0.357. The van der Waals surface area contributed by atoms with Crippen molar-refractivity contribution in [2.45, 2.75) is 213 Å². The molecule has 0 bridgehead atoms. The summed E-state index contributed by atoms with van der Waals surface area (Å²) < 4.78 is 10.9. The first kappa shape index (κ1) is 41.4. The average Bonchev–Trinajstić information content (AvgIpc) is 2.99. The number of esters is 2. The lowest BCUT2D eigenvalue weighted by Crippen LogP contribution is -2.26. The number of halogens is 1. The van der Waals surface area contributed by atoms with Crippen LogP contribution in [0.4, 0.5) is 0 Å². The van der Waals surface area contributed by atoms with Crippen molar-refractivity contribution in [1.29, 1.82) is 0 Å². The maximum absolute atomic E-state index is 12.2. The van der Waals surface area contributed by atoms with Gasteiger partial charge in [0.2, 0.25) is 0 Å². The van der Waals surface area contributed by atoms with Gasteiger partial charge in [-0.1, -0.05) is 197 Å². The van der Waals surface area contributed by atoms with E-state index in [1.54, 1.807) is 0 Å². The van der Waals surface area contributed by atoms with E-state index in [4.69, 9.17) is 9.47 Å². The van der Waals surface area contributed by atoms with E-state index in [2.05, 4.69) is 29.8 Å². The SMILES string of the molecule is CCCCCCCCCCCCCCCCCC(=O)O[C@@H](CBr)COC(=O)CCCCCCCCCCCCCCC. The Labute approximate surface area is 270 Å². The summed E-state index contributed by atoms with van der Waals surface area (Å²) >= 11 is 3.39. The third-order valence-electron chi connectivity index (χ3n) is 8.37. The largest absolute Gasteiger partial charge is 0.462 e. The molecule has 0 fully saturated rings. The van der Waals surface area contributed by atoms with Gasteiger partial charge in [-0.3, -0.25) is 9.59 Å². The van der Waals surface area contributed by atoms with Crippen LogP contribution in [0.15, 0.2) is 0 Å². The maximum atomic E-state index is 12.2. The highest BCUT2D eigenvalue weighted by molar-refractivity contribution is 9.09. The Kier molecular flexibility index (Phi) is 34.4. The van der Waals surface area contributed by atoms with Crippen molar-refractivity contribution in [3.63, 3.8) is 0 Å². The molecule has 0 aliphatic carbocycles. The van der Waals surface area contributed by atoms with Gasteiger partial charge in [-0.2, -0.15) is 0 Å². The van der Waals surface area contributed by atoms with Crippen LogP contribution < -0.4 is 0 Å². The molecule has 250 valence electrons. The van der Waals surface area contributed by atoms with E-state index in [1.807, 2.05) is 0 Å². The van der Waals surface area contributed by atoms with Crippen molar-refractivity contribution in [2.24, 2.45) is 0 Å². The highest BCUT2D eigenvalue weighted by atomic mass is 79.9. The Balaban J connectivity index is 3.51. The molecular formula is C37H71BrO4. The minimum Gasteiger partial charge on any atom is -0.462 e. The van der Waals surface area contributed by atoms with Crippen LogP contribution in [-0.4, -0.2) is 30.0 Å². The molecule has 0 radical (unpaired) electrons.